The number of benzene rings is 3. The van der Waals surface area contributed by atoms with Crippen molar-refractivity contribution in [3.63, 3.8) is 0 Å². The van der Waals surface area contributed by atoms with Crippen LogP contribution < -0.4 is 15.4 Å². The van der Waals surface area contributed by atoms with Crippen molar-refractivity contribution in [1.82, 2.24) is 0 Å². The fourth-order valence-corrected chi connectivity index (χ4v) is 2.96. The van der Waals surface area contributed by atoms with Gasteiger partial charge in [-0.2, -0.15) is 0 Å². The van der Waals surface area contributed by atoms with Crippen LogP contribution >= 0.6 is 0 Å². The molecule has 0 aromatic heterocycles. The highest BCUT2D eigenvalue weighted by molar-refractivity contribution is 5.94. The molecule has 1 amide bonds. The summed E-state index contributed by atoms with van der Waals surface area (Å²) in [5.74, 6) is 0.707. The van der Waals surface area contributed by atoms with E-state index in [1.807, 2.05) is 68.4 Å². The molecule has 0 aliphatic rings. The molecule has 0 bridgehead atoms. The van der Waals surface area contributed by atoms with Gasteiger partial charge in [-0.1, -0.05) is 54.1 Å². The fourth-order valence-electron chi connectivity index (χ4n) is 2.96. The third kappa shape index (κ3) is 5.88. The number of anilines is 2. The smallest absolute Gasteiger partial charge is 0.243 e. The number of aryl methyl sites for hydroxylation is 2. The Morgan fingerprint density at radius 2 is 1.75 bits per heavy atom. The summed E-state index contributed by atoms with van der Waals surface area (Å²) in [5, 5.41) is 6.09. The second-order valence-corrected chi connectivity index (χ2v) is 6.83. The molecule has 0 saturated carbocycles. The first-order valence-electron chi connectivity index (χ1n) is 9.48. The third-order valence-corrected chi connectivity index (χ3v) is 4.45. The fraction of sp³-hybridized carbons (Fsp3) is 0.208. The van der Waals surface area contributed by atoms with Crippen molar-refractivity contribution >= 4 is 17.3 Å². The summed E-state index contributed by atoms with van der Waals surface area (Å²) in [6.07, 6.45) is 0.858. The van der Waals surface area contributed by atoms with Crippen LogP contribution in [0.15, 0.2) is 72.8 Å². The summed E-state index contributed by atoms with van der Waals surface area (Å²) in [4.78, 5) is 12.2. The van der Waals surface area contributed by atoms with Gasteiger partial charge in [0.05, 0.1) is 13.2 Å². The Bertz CT molecular complexity index is 923. The van der Waals surface area contributed by atoms with Crippen molar-refractivity contribution in [2.75, 3.05) is 23.8 Å². The average molecular weight is 374 g/mol. The predicted molar refractivity (Wildman–Crippen MR) is 115 cm³/mol. The van der Waals surface area contributed by atoms with Crippen molar-refractivity contribution in [1.29, 1.82) is 0 Å². The predicted octanol–water partition coefficient (Wildman–Crippen LogP) is 4.98. The van der Waals surface area contributed by atoms with Crippen molar-refractivity contribution < 1.29 is 9.53 Å². The van der Waals surface area contributed by atoms with E-state index in [9.17, 15) is 4.79 Å². The molecule has 2 N–H and O–H groups in total. The van der Waals surface area contributed by atoms with Crippen LogP contribution in [0.2, 0.25) is 0 Å². The largest absolute Gasteiger partial charge is 0.493 e. The standard InChI is InChI=1S/C24H26N2O2/c1-18-11-12-23(19(2)15-18)26-24(27)17-25-21-9-6-10-22(16-21)28-14-13-20-7-4-3-5-8-20/h3-12,15-16,25H,13-14,17H2,1-2H3,(H,26,27). The zero-order chi connectivity index (χ0) is 19.8. The molecule has 3 aromatic carbocycles. The SMILES string of the molecule is Cc1ccc(NC(=O)CNc2cccc(OCCc3ccccc3)c2)c(C)c1. The molecule has 0 atom stereocenters. The number of amides is 1. The number of rotatable bonds is 8. The molecule has 0 fully saturated rings. The van der Waals surface area contributed by atoms with Gasteiger partial charge < -0.3 is 15.4 Å². The zero-order valence-electron chi connectivity index (χ0n) is 16.4. The number of carbonyl (C=O) groups is 1. The molecular formula is C24H26N2O2. The van der Waals surface area contributed by atoms with Crippen LogP contribution in [-0.4, -0.2) is 19.1 Å². The van der Waals surface area contributed by atoms with Gasteiger partial charge in [-0.25, -0.2) is 0 Å². The molecule has 0 spiro atoms. The van der Waals surface area contributed by atoms with Crippen LogP contribution in [0.1, 0.15) is 16.7 Å². The van der Waals surface area contributed by atoms with Gasteiger partial charge in [0, 0.05) is 23.9 Å². The van der Waals surface area contributed by atoms with Crippen LogP contribution in [0.5, 0.6) is 5.75 Å². The lowest BCUT2D eigenvalue weighted by molar-refractivity contribution is -0.114. The molecule has 3 rings (SSSR count). The van der Waals surface area contributed by atoms with Crippen molar-refractivity contribution in [2.24, 2.45) is 0 Å². The summed E-state index contributed by atoms with van der Waals surface area (Å²) in [6.45, 7) is 4.84. The molecule has 4 nitrogen and oxygen atoms in total. The second kappa shape index (κ2) is 9.60. The topological polar surface area (TPSA) is 50.4 Å². The molecule has 3 aromatic rings. The Hall–Kier alpha value is -3.27. The minimum absolute atomic E-state index is 0.0812. The van der Waals surface area contributed by atoms with Crippen LogP contribution in [0, 0.1) is 13.8 Å². The Morgan fingerprint density at radius 3 is 2.54 bits per heavy atom. The van der Waals surface area contributed by atoms with Crippen LogP contribution in [-0.2, 0) is 11.2 Å². The number of carbonyl (C=O) groups excluding carboxylic acids is 1. The van der Waals surface area contributed by atoms with Crippen molar-refractivity contribution in [3.8, 4) is 5.75 Å². The number of hydrogen-bond donors (Lipinski definition) is 2. The minimum atomic E-state index is -0.0812. The van der Waals surface area contributed by atoms with E-state index in [2.05, 4.69) is 28.8 Å². The quantitative estimate of drug-likeness (QED) is 0.585. The Labute approximate surface area is 166 Å². The van der Waals surface area contributed by atoms with E-state index >= 15 is 0 Å². The summed E-state index contributed by atoms with van der Waals surface area (Å²) in [6, 6.07) is 23.9. The molecule has 0 aliphatic heterocycles. The highest BCUT2D eigenvalue weighted by atomic mass is 16.5. The maximum atomic E-state index is 12.2. The van der Waals surface area contributed by atoms with Gasteiger partial charge >= 0.3 is 0 Å². The van der Waals surface area contributed by atoms with Gasteiger partial charge in [-0.3, -0.25) is 4.79 Å². The summed E-state index contributed by atoms with van der Waals surface area (Å²) in [5.41, 5.74) is 5.18. The maximum absolute atomic E-state index is 12.2. The number of hydrogen-bond acceptors (Lipinski definition) is 3. The lowest BCUT2D eigenvalue weighted by atomic mass is 10.1. The highest BCUT2D eigenvalue weighted by Gasteiger charge is 2.05. The van der Waals surface area contributed by atoms with Gasteiger partial charge in [0.1, 0.15) is 5.75 Å². The third-order valence-electron chi connectivity index (χ3n) is 4.45. The maximum Gasteiger partial charge on any atom is 0.243 e. The van der Waals surface area contributed by atoms with Crippen molar-refractivity contribution in [3.05, 3.63) is 89.5 Å². The lowest BCUT2D eigenvalue weighted by Crippen LogP contribution is -2.22. The monoisotopic (exact) mass is 374 g/mol. The van der Waals surface area contributed by atoms with Gasteiger partial charge in [-0.05, 0) is 43.2 Å². The Kier molecular flexibility index (Phi) is 6.68. The normalized spacial score (nSPS) is 10.4. The van der Waals surface area contributed by atoms with Crippen LogP contribution in [0.3, 0.4) is 0 Å². The number of ether oxygens (including phenoxy) is 1. The second-order valence-electron chi connectivity index (χ2n) is 6.83. The first kappa shape index (κ1) is 19.5. The number of nitrogens with one attached hydrogen (secondary N) is 2. The van der Waals surface area contributed by atoms with Gasteiger partial charge in [0.2, 0.25) is 5.91 Å². The average Bonchev–Trinajstić information content (AvgIpc) is 2.70. The van der Waals surface area contributed by atoms with E-state index in [1.54, 1.807) is 0 Å². The van der Waals surface area contributed by atoms with Gasteiger partial charge in [-0.15, -0.1) is 0 Å². The van der Waals surface area contributed by atoms with E-state index in [4.69, 9.17) is 4.74 Å². The molecule has 0 saturated heterocycles. The first-order chi connectivity index (χ1) is 13.6. The van der Waals surface area contributed by atoms with E-state index < -0.39 is 0 Å². The molecule has 4 heteroatoms. The summed E-state index contributed by atoms with van der Waals surface area (Å²) >= 11 is 0. The summed E-state index contributed by atoms with van der Waals surface area (Å²) < 4.78 is 5.84. The highest BCUT2D eigenvalue weighted by Crippen LogP contribution is 2.18. The molecule has 0 unspecified atom stereocenters. The molecule has 0 radical (unpaired) electrons. The Morgan fingerprint density at radius 1 is 0.929 bits per heavy atom. The molecule has 0 aliphatic carbocycles. The molecule has 144 valence electrons. The summed E-state index contributed by atoms with van der Waals surface area (Å²) in [7, 11) is 0. The van der Waals surface area contributed by atoms with E-state index in [-0.39, 0.29) is 12.5 Å². The van der Waals surface area contributed by atoms with E-state index in [0.29, 0.717) is 6.61 Å². The minimum Gasteiger partial charge on any atom is -0.493 e. The Balaban J connectivity index is 1.48. The lowest BCUT2D eigenvalue weighted by Gasteiger charge is -2.12. The van der Waals surface area contributed by atoms with E-state index in [0.717, 1.165) is 29.1 Å². The van der Waals surface area contributed by atoms with Crippen molar-refractivity contribution in [2.45, 2.75) is 20.3 Å². The van der Waals surface area contributed by atoms with Crippen LogP contribution in [0.25, 0.3) is 0 Å². The molecule has 28 heavy (non-hydrogen) atoms. The molecular weight excluding hydrogens is 348 g/mol. The van der Waals surface area contributed by atoms with Crippen LogP contribution in [0.4, 0.5) is 11.4 Å². The van der Waals surface area contributed by atoms with Gasteiger partial charge in [0.15, 0.2) is 0 Å². The zero-order valence-corrected chi connectivity index (χ0v) is 16.4. The first-order valence-corrected chi connectivity index (χ1v) is 9.48. The van der Waals surface area contributed by atoms with Gasteiger partial charge in [0.25, 0.3) is 0 Å². The van der Waals surface area contributed by atoms with E-state index in [1.165, 1.54) is 11.1 Å². The molecule has 0 heterocycles.